The van der Waals surface area contributed by atoms with E-state index in [4.69, 9.17) is 5.73 Å². The first kappa shape index (κ1) is 6.96. The van der Waals surface area contributed by atoms with Crippen molar-refractivity contribution in [3.05, 3.63) is 0 Å². The molecule has 0 heterocycles. The van der Waals surface area contributed by atoms with Crippen LogP contribution in [0.2, 0.25) is 0 Å². The Morgan fingerprint density at radius 3 is 2.29 bits per heavy atom. The monoisotopic (exact) mass is 100 g/mol. The molecule has 1 N–H and O–H groups in total. The lowest BCUT2D eigenvalue weighted by molar-refractivity contribution is 0.521. The summed E-state index contributed by atoms with van der Waals surface area (Å²) < 4.78 is 0. The molecule has 0 rings (SSSR count). The summed E-state index contributed by atoms with van der Waals surface area (Å²) >= 11 is 0. The molecule has 0 aliphatic rings. The van der Waals surface area contributed by atoms with Crippen LogP contribution in [0.15, 0.2) is 0 Å². The van der Waals surface area contributed by atoms with E-state index in [1.165, 1.54) is 6.42 Å². The molecule has 0 aromatic carbocycles. The molecular weight excluding hydrogens is 86.1 g/mol. The molecule has 0 saturated heterocycles. The zero-order chi connectivity index (χ0) is 5.70. The van der Waals surface area contributed by atoms with Crippen molar-refractivity contribution < 1.29 is 0 Å². The van der Waals surface area contributed by atoms with Crippen LogP contribution in [0.4, 0.5) is 0 Å². The van der Waals surface area contributed by atoms with Gasteiger partial charge in [0.25, 0.3) is 0 Å². The van der Waals surface area contributed by atoms with E-state index in [0.29, 0.717) is 6.54 Å². The van der Waals surface area contributed by atoms with Gasteiger partial charge in [-0.3, -0.25) is 5.73 Å². The minimum atomic E-state index is 0.592. The van der Waals surface area contributed by atoms with Gasteiger partial charge in [0.2, 0.25) is 0 Å². The van der Waals surface area contributed by atoms with Gasteiger partial charge < -0.3 is 0 Å². The van der Waals surface area contributed by atoms with E-state index in [1.54, 1.807) is 0 Å². The molecular formula is C6H14N. The number of hydrogen-bond acceptors (Lipinski definition) is 0. The lowest BCUT2D eigenvalue weighted by atomic mass is 10.1. The number of nitrogens with one attached hydrogen (secondary N) is 1. The molecule has 0 bridgehead atoms. The maximum Gasteiger partial charge on any atom is 0.0102 e. The van der Waals surface area contributed by atoms with Crippen LogP contribution >= 0.6 is 0 Å². The van der Waals surface area contributed by atoms with E-state index in [2.05, 4.69) is 13.8 Å². The first-order valence-electron chi connectivity index (χ1n) is 2.95. The molecule has 1 heteroatoms. The van der Waals surface area contributed by atoms with Gasteiger partial charge in [0.05, 0.1) is 0 Å². The third kappa shape index (κ3) is 3.80. The smallest absolute Gasteiger partial charge is 0.0102 e. The first-order valence-corrected chi connectivity index (χ1v) is 2.95. The standard InChI is InChI=1S/C6H14N/c1-3-6(2)4-5-7/h6-7H,3-5H2,1-2H3. The van der Waals surface area contributed by atoms with E-state index in [0.717, 1.165) is 12.3 Å². The second kappa shape index (κ2) is 4.13. The molecule has 0 aliphatic carbocycles. The van der Waals surface area contributed by atoms with Gasteiger partial charge in [-0.05, 0) is 12.3 Å². The zero-order valence-corrected chi connectivity index (χ0v) is 5.20. The van der Waals surface area contributed by atoms with Crippen LogP contribution in [0.1, 0.15) is 26.7 Å². The highest BCUT2D eigenvalue weighted by atomic mass is 14.5. The normalized spacial score (nSPS) is 14.1. The van der Waals surface area contributed by atoms with Crippen LogP contribution in [-0.2, 0) is 0 Å². The summed E-state index contributed by atoms with van der Waals surface area (Å²) in [6.45, 7) is 4.95. The maximum absolute atomic E-state index is 6.84. The molecule has 0 amide bonds. The van der Waals surface area contributed by atoms with Crippen LogP contribution in [0, 0.1) is 5.92 Å². The second-order valence-corrected chi connectivity index (χ2v) is 2.05. The highest BCUT2D eigenvalue weighted by molar-refractivity contribution is 4.47. The predicted molar refractivity (Wildman–Crippen MR) is 32.0 cm³/mol. The van der Waals surface area contributed by atoms with Crippen LogP contribution in [0.3, 0.4) is 0 Å². The summed E-state index contributed by atoms with van der Waals surface area (Å²) in [4.78, 5) is 0. The number of hydrogen-bond donors (Lipinski definition) is 0. The fourth-order valence-electron chi connectivity index (χ4n) is 0.451. The van der Waals surface area contributed by atoms with Gasteiger partial charge >= 0.3 is 0 Å². The van der Waals surface area contributed by atoms with E-state index < -0.39 is 0 Å². The predicted octanol–water partition coefficient (Wildman–Crippen LogP) is 1.71. The number of rotatable bonds is 3. The molecule has 0 aromatic heterocycles. The fraction of sp³-hybridized carbons (Fsp3) is 1.00. The van der Waals surface area contributed by atoms with Crippen LogP contribution in [0.25, 0.3) is 0 Å². The molecule has 0 spiro atoms. The molecule has 1 radical (unpaired) electrons. The Hall–Kier alpha value is -0.0400. The Morgan fingerprint density at radius 2 is 2.14 bits per heavy atom. The average Bonchev–Trinajstić information content (AvgIpc) is 1.68. The Morgan fingerprint density at radius 1 is 1.57 bits per heavy atom. The average molecular weight is 100 g/mol. The summed E-state index contributed by atoms with van der Waals surface area (Å²) in [5.41, 5.74) is 6.84. The van der Waals surface area contributed by atoms with Crippen molar-refractivity contribution in [3.8, 4) is 0 Å². The zero-order valence-electron chi connectivity index (χ0n) is 5.20. The fourth-order valence-corrected chi connectivity index (χ4v) is 0.451. The lowest BCUT2D eigenvalue weighted by Crippen LogP contribution is -1.95. The van der Waals surface area contributed by atoms with Crippen molar-refractivity contribution in [2.75, 3.05) is 6.54 Å². The van der Waals surface area contributed by atoms with E-state index >= 15 is 0 Å². The summed E-state index contributed by atoms with van der Waals surface area (Å²) in [5, 5.41) is 0. The Labute approximate surface area is 45.9 Å². The van der Waals surface area contributed by atoms with E-state index in [1.807, 2.05) is 0 Å². The summed E-state index contributed by atoms with van der Waals surface area (Å²) in [5.74, 6) is 0.762. The van der Waals surface area contributed by atoms with Crippen molar-refractivity contribution in [1.29, 1.82) is 0 Å². The van der Waals surface area contributed by atoms with Crippen LogP contribution in [-0.4, -0.2) is 6.54 Å². The minimum absolute atomic E-state index is 0.592. The Balaban J connectivity index is 2.83. The van der Waals surface area contributed by atoms with Gasteiger partial charge in [-0.25, -0.2) is 0 Å². The van der Waals surface area contributed by atoms with Crippen molar-refractivity contribution in [2.45, 2.75) is 26.7 Å². The molecule has 1 unspecified atom stereocenters. The van der Waals surface area contributed by atoms with Gasteiger partial charge in [0, 0.05) is 6.54 Å². The summed E-state index contributed by atoms with van der Waals surface area (Å²) in [6.07, 6.45) is 2.29. The van der Waals surface area contributed by atoms with E-state index in [9.17, 15) is 0 Å². The van der Waals surface area contributed by atoms with Crippen LogP contribution in [0.5, 0.6) is 0 Å². The molecule has 7 heavy (non-hydrogen) atoms. The second-order valence-electron chi connectivity index (χ2n) is 2.05. The third-order valence-corrected chi connectivity index (χ3v) is 1.33. The van der Waals surface area contributed by atoms with E-state index in [-0.39, 0.29) is 0 Å². The minimum Gasteiger partial charge on any atom is -0.258 e. The Bertz CT molecular complexity index is 35.2. The van der Waals surface area contributed by atoms with Crippen LogP contribution < -0.4 is 5.73 Å². The van der Waals surface area contributed by atoms with Crippen molar-refractivity contribution in [1.82, 2.24) is 5.73 Å². The molecule has 0 fully saturated rings. The molecule has 1 atom stereocenters. The van der Waals surface area contributed by atoms with Crippen molar-refractivity contribution >= 4 is 0 Å². The van der Waals surface area contributed by atoms with Gasteiger partial charge in [-0.1, -0.05) is 20.3 Å². The third-order valence-electron chi connectivity index (χ3n) is 1.33. The quantitative estimate of drug-likeness (QED) is 0.515. The highest BCUT2D eigenvalue weighted by Gasteiger charge is 1.93. The van der Waals surface area contributed by atoms with Gasteiger partial charge in [0.1, 0.15) is 0 Å². The molecule has 0 aliphatic heterocycles. The van der Waals surface area contributed by atoms with Crippen molar-refractivity contribution in [3.63, 3.8) is 0 Å². The molecule has 43 valence electrons. The van der Waals surface area contributed by atoms with Gasteiger partial charge in [-0.2, -0.15) is 0 Å². The largest absolute Gasteiger partial charge is 0.258 e. The molecule has 0 saturated carbocycles. The highest BCUT2D eigenvalue weighted by Crippen LogP contribution is 2.03. The van der Waals surface area contributed by atoms with Gasteiger partial charge in [-0.15, -0.1) is 0 Å². The SMILES string of the molecule is CCC(C)CC[NH]. The Kier molecular flexibility index (Phi) is 4.10. The molecule has 0 aromatic rings. The molecule has 1 nitrogen and oxygen atoms in total. The van der Waals surface area contributed by atoms with Crippen molar-refractivity contribution in [2.24, 2.45) is 5.92 Å². The summed E-state index contributed by atoms with van der Waals surface area (Å²) in [7, 11) is 0. The summed E-state index contributed by atoms with van der Waals surface area (Å²) in [6, 6.07) is 0. The topological polar surface area (TPSA) is 23.8 Å². The maximum atomic E-state index is 6.84. The lowest BCUT2D eigenvalue weighted by Gasteiger charge is -2.02. The first-order chi connectivity index (χ1) is 3.31. The van der Waals surface area contributed by atoms with Gasteiger partial charge in [0.15, 0.2) is 0 Å².